The highest BCUT2D eigenvalue weighted by molar-refractivity contribution is 6.00. The second-order valence-electron chi connectivity index (χ2n) is 4.61. The van der Waals surface area contributed by atoms with Crippen LogP contribution in [0.4, 0.5) is 0 Å². The van der Waals surface area contributed by atoms with Crippen LogP contribution >= 0.6 is 0 Å². The molecule has 0 atom stereocenters. The largest absolute Gasteiger partial charge is 0.383 e. The first-order valence-corrected chi connectivity index (χ1v) is 6.96. The molecule has 0 fully saturated rings. The molecule has 20 heavy (non-hydrogen) atoms. The minimum atomic E-state index is 0.553. The smallest absolute Gasteiger partial charge is 0.131 e. The predicted octanol–water partition coefficient (Wildman–Crippen LogP) is 4.23. The summed E-state index contributed by atoms with van der Waals surface area (Å²) in [4.78, 5) is 4.61. The van der Waals surface area contributed by atoms with Crippen molar-refractivity contribution in [3.8, 4) is 0 Å². The van der Waals surface area contributed by atoms with E-state index in [4.69, 9.17) is 5.73 Å². The summed E-state index contributed by atoms with van der Waals surface area (Å²) in [5, 5.41) is 0. The van der Waals surface area contributed by atoms with Gasteiger partial charge in [-0.15, -0.1) is 0 Å². The fraction of sp³-hybridized carbons (Fsp3) is 0.167. The molecule has 2 nitrogen and oxygen atoms in total. The SMILES string of the molecule is CCC/C=C(\N=C(N)c1ccccc1)c1ccccc1. The second kappa shape index (κ2) is 7.29. The van der Waals surface area contributed by atoms with E-state index in [-0.39, 0.29) is 0 Å². The molecule has 0 aliphatic heterocycles. The maximum Gasteiger partial charge on any atom is 0.131 e. The molecule has 2 heteroatoms. The average molecular weight is 264 g/mol. The number of nitrogens with two attached hydrogens (primary N) is 1. The maximum atomic E-state index is 6.11. The molecular weight excluding hydrogens is 244 g/mol. The minimum Gasteiger partial charge on any atom is -0.383 e. The normalized spacial score (nSPS) is 12.4. The number of nitrogens with zero attached hydrogens (tertiary/aromatic N) is 1. The van der Waals surface area contributed by atoms with Gasteiger partial charge in [-0.05, 0) is 12.0 Å². The second-order valence-corrected chi connectivity index (χ2v) is 4.61. The molecule has 0 aliphatic rings. The fourth-order valence-corrected chi connectivity index (χ4v) is 1.92. The van der Waals surface area contributed by atoms with Crippen molar-refractivity contribution < 1.29 is 0 Å². The highest BCUT2D eigenvalue weighted by atomic mass is 14.9. The summed E-state index contributed by atoms with van der Waals surface area (Å²) in [5.74, 6) is 0.553. The van der Waals surface area contributed by atoms with Gasteiger partial charge in [-0.1, -0.05) is 80.1 Å². The molecule has 0 saturated heterocycles. The van der Waals surface area contributed by atoms with Gasteiger partial charge in [-0.25, -0.2) is 4.99 Å². The molecule has 0 aromatic heterocycles. The summed E-state index contributed by atoms with van der Waals surface area (Å²) >= 11 is 0. The average Bonchev–Trinajstić information content (AvgIpc) is 2.53. The van der Waals surface area contributed by atoms with Crippen molar-refractivity contribution in [1.82, 2.24) is 0 Å². The van der Waals surface area contributed by atoms with E-state index < -0.39 is 0 Å². The standard InChI is InChI=1S/C18H20N2/c1-2-3-14-17(15-10-6-4-7-11-15)20-18(19)16-12-8-5-9-13-16/h4-14H,2-3H2,1H3,(H2,19,20)/b17-14-. The lowest BCUT2D eigenvalue weighted by Gasteiger charge is -2.05. The van der Waals surface area contributed by atoms with E-state index >= 15 is 0 Å². The number of allylic oxidation sites excluding steroid dienone is 1. The molecule has 0 spiro atoms. The van der Waals surface area contributed by atoms with Gasteiger partial charge in [0.25, 0.3) is 0 Å². The summed E-state index contributed by atoms with van der Waals surface area (Å²) < 4.78 is 0. The maximum absolute atomic E-state index is 6.11. The fourth-order valence-electron chi connectivity index (χ4n) is 1.92. The zero-order chi connectivity index (χ0) is 14.2. The van der Waals surface area contributed by atoms with Crippen LogP contribution in [-0.4, -0.2) is 5.84 Å². The van der Waals surface area contributed by atoms with Crippen LogP contribution in [0.2, 0.25) is 0 Å². The Morgan fingerprint density at radius 2 is 1.50 bits per heavy atom. The van der Waals surface area contributed by atoms with Crippen molar-refractivity contribution in [2.75, 3.05) is 0 Å². The first kappa shape index (κ1) is 14.1. The number of benzene rings is 2. The third-order valence-corrected chi connectivity index (χ3v) is 3.01. The molecule has 2 rings (SSSR count). The lowest BCUT2D eigenvalue weighted by Crippen LogP contribution is -2.13. The Balaban J connectivity index is 2.34. The Kier molecular flexibility index (Phi) is 5.13. The van der Waals surface area contributed by atoms with Gasteiger partial charge < -0.3 is 5.73 Å². The summed E-state index contributed by atoms with van der Waals surface area (Å²) in [7, 11) is 0. The predicted molar refractivity (Wildman–Crippen MR) is 86.5 cm³/mol. The van der Waals surface area contributed by atoms with Crippen LogP contribution in [-0.2, 0) is 0 Å². The van der Waals surface area contributed by atoms with Gasteiger partial charge in [0, 0.05) is 5.56 Å². The van der Waals surface area contributed by atoms with Crippen LogP contribution < -0.4 is 5.73 Å². The van der Waals surface area contributed by atoms with E-state index in [1.165, 1.54) is 0 Å². The van der Waals surface area contributed by atoms with Gasteiger partial charge in [-0.3, -0.25) is 0 Å². The Morgan fingerprint density at radius 1 is 0.950 bits per heavy atom. The van der Waals surface area contributed by atoms with Gasteiger partial charge in [-0.2, -0.15) is 0 Å². The third kappa shape index (κ3) is 3.82. The number of hydrogen-bond acceptors (Lipinski definition) is 1. The number of amidine groups is 1. The number of hydrogen-bond donors (Lipinski definition) is 1. The lowest BCUT2D eigenvalue weighted by atomic mass is 10.1. The van der Waals surface area contributed by atoms with Crippen LogP contribution in [0.25, 0.3) is 5.70 Å². The zero-order valence-electron chi connectivity index (χ0n) is 11.8. The first-order valence-electron chi connectivity index (χ1n) is 6.96. The van der Waals surface area contributed by atoms with Crippen molar-refractivity contribution in [3.63, 3.8) is 0 Å². The van der Waals surface area contributed by atoms with Gasteiger partial charge in [0.2, 0.25) is 0 Å². The van der Waals surface area contributed by atoms with E-state index in [0.29, 0.717) is 5.84 Å². The molecule has 0 amide bonds. The molecule has 2 aromatic rings. The van der Waals surface area contributed by atoms with E-state index in [9.17, 15) is 0 Å². The van der Waals surface area contributed by atoms with Crippen LogP contribution in [0.3, 0.4) is 0 Å². The summed E-state index contributed by atoms with van der Waals surface area (Å²) in [6, 6.07) is 20.0. The third-order valence-electron chi connectivity index (χ3n) is 3.01. The van der Waals surface area contributed by atoms with Gasteiger partial charge in [0.15, 0.2) is 0 Å². The molecule has 0 bridgehead atoms. The molecule has 102 valence electrons. The van der Waals surface area contributed by atoms with Crippen molar-refractivity contribution in [3.05, 3.63) is 77.9 Å². The number of aliphatic imine (C=N–C) groups is 1. The van der Waals surface area contributed by atoms with Gasteiger partial charge >= 0.3 is 0 Å². The number of rotatable bonds is 5. The van der Waals surface area contributed by atoms with E-state index in [2.05, 4.69) is 30.1 Å². The first-order chi connectivity index (χ1) is 9.81. The Bertz CT molecular complexity index is 583. The van der Waals surface area contributed by atoms with Crippen LogP contribution in [0, 0.1) is 0 Å². The highest BCUT2D eigenvalue weighted by Crippen LogP contribution is 2.17. The van der Waals surface area contributed by atoms with Crippen molar-refractivity contribution in [2.45, 2.75) is 19.8 Å². The van der Waals surface area contributed by atoms with Gasteiger partial charge in [0.1, 0.15) is 5.84 Å². The zero-order valence-corrected chi connectivity index (χ0v) is 11.8. The Morgan fingerprint density at radius 3 is 2.05 bits per heavy atom. The molecule has 0 unspecified atom stereocenters. The molecule has 2 aromatic carbocycles. The van der Waals surface area contributed by atoms with Crippen LogP contribution in [0.15, 0.2) is 71.7 Å². The van der Waals surface area contributed by atoms with Crippen molar-refractivity contribution in [2.24, 2.45) is 10.7 Å². The molecule has 0 radical (unpaired) electrons. The summed E-state index contributed by atoms with van der Waals surface area (Å²) in [6.45, 7) is 2.16. The van der Waals surface area contributed by atoms with Crippen LogP contribution in [0.5, 0.6) is 0 Å². The van der Waals surface area contributed by atoms with Crippen molar-refractivity contribution >= 4 is 11.5 Å². The molecular formula is C18H20N2. The monoisotopic (exact) mass is 264 g/mol. The van der Waals surface area contributed by atoms with E-state index in [0.717, 1.165) is 29.7 Å². The van der Waals surface area contributed by atoms with Crippen LogP contribution in [0.1, 0.15) is 30.9 Å². The van der Waals surface area contributed by atoms with Gasteiger partial charge in [0.05, 0.1) is 5.70 Å². The van der Waals surface area contributed by atoms with Crippen molar-refractivity contribution in [1.29, 1.82) is 0 Å². The lowest BCUT2D eigenvalue weighted by molar-refractivity contribution is 0.958. The van der Waals surface area contributed by atoms with E-state index in [1.54, 1.807) is 0 Å². The highest BCUT2D eigenvalue weighted by Gasteiger charge is 2.02. The summed E-state index contributed by atoms with van der Waals surface area (Å²) in [5.41, 5.74) is 9.10. The Labute approximate surface area is 120 Å². The topological polar surface area (TPSA) is 38.4 Å². The molecule has 0 heterocycles. The molecule has 2 N–H and O–H groups in total. The quantitative estimate of drug-likeness (QED) is 0.637. The van der Waals surface area contributed by atoms with E-state index in [1.807, 2.05) is 48.5 Å². The summed E-state index contributed by atoms with van der Waals surface area (Å²) in [6.07, 6.45) is 4.23. The minimum absolute atomic E-state index is 0.553. The molecule has 0 aliphatic carbocycles. The number of unbranched alkanes of at least 4 members (excludes halogenated alkanes) is 1. The Hall–Kier alpha value is -2.35. The molecule has 0 saturated carbocycles.